The molecule has 0 aliphatic carbocycles. The van der Waals surface area contributed by atoms with E-state index in [0.29, 0.717) is 4.90 Å². The first kappa shape index (κ1) is 20.7. The number of imide groups is 4. The number of amides is 5. The van der Waals surface area contributed by atoms with Crippen LogP contribution in [-0.2, 0) is 25.7 Å². The fourth-order valence-electron chi connectivity index (χ4n) is 2.78. The third-order valence-electron chi connectivity index (χ3n) is 4.21. The van der Waals surface area contributed by atoms with Crippen LogP contribution in [0.5, 0.6) is 0 Å². The summed E-state index contributed by atoms with van der Waals surface area (Å²) in [5.41, 5.74) is 1.15. The van der Waals surface area contributed by atoms with E-state index in [1.165, 1.54) is 31.2 Å². The van der Waals surface area contributed by atoms with Gasteiger partial charge in [-0.2, -0.15) is 4.90 Å². The van der Waals surface area contributed by atoms with Gasteiger partial charge in [-0.1, -0.05) is 30.3 Å². The Morgan fingerprint density at radius 3 is 2.20 bits per heavy atom. The van der Waals surface area contributed by atoms with Crippen molar-refractivity contribution < 1.29 is 33.4 Å². The monoisotopic (exact) mass is 410 g/mol. The fourth-order valence-corrected chi connectivity index (χ4v) is 2.78. The first-order chi connectivity index (χ1) is 14.4. The zero-order chi connectivity index (χ0) is 21.7. The summed E-state index contributed by atoms with van der Waals surface area (Å²) < 4.78 is 9.93. The molecule has 1 heterocycles. The summed E-state index contributed by atoms with van der Waals surface area (Å²) in [5.74, 6) is -2.32. The van der Waals surface area contributed by atoms with Crippen molar-refractivity contribution in [3.8, 4) is 0 Å². The highest BCUT2D eigenvalue weighted by Crippen LogP contribution is 2.23. The van der Waals surface area contributed by atoms with E-state index in [4.69, 9.17) is 9.47 Å². The number of esters is 1. The van der Waals surface area contributed by atoms with Crippen molar-refractivity contribution in [3.63, 3.8) is 0 Å². The molecule has 2 aromatic carbocycles. The number of urea groups is 1. The molecule has 2 aromatic rings. The quantitative estimate of drug-likeness (QED) is 0.550. The molecule has 0 N–H and O–H groups in total. The average molecular weight is 410 g/mol. The average Bonchev–Trinajstić information content (AvgIpc) is 2.73. The second-order valence-electron chi connectivity index (χ2n) is 6.23. The van der Waals surface area contributed by atoms with Gasteiger partial charge in [0, 0.05) is 0 Å². The SMILES string of the molecule is CCOC(=O)N1C(=O)CC(=O)N(c2ccc(C(=O)OCc3ccccc3)cc2)C1=O. The summed E-state index contributed by atoms with van der Waals surface area (Å²) in [6, 6.07) is 13.5. The van der Waals surface area contributed by atoms with E-state index < -0.39 is 36.3 Å². The van der Waals surface area contributed by atoms with Crippen molar-refractivity contribution >= 4 is 35.6 Å². The summed E-state index contributed by atoms with van der Waals surface area (Å²) in [6.07, 6.45) is -1.81. The standard InChI is InChI=1S/C21H18N2O7/c1-2-29-21(28)23-18(25)12-17(24)22(20(23)27)16-10-8-15(9-11-16)19(26)30-13-14-6-4-3-5-7-14/h3-11H,2,12-13H2,1H3. The van der Waals surface area contributed by atoms with Crippen molar-refractivity contribution in [3.05, 3.63) is 65.7 Å². The number of carbonyl (C=O) groups is 5. The Bertz CT molecular complexity index is 986. The number of nitrogens with zero attached hydrogens (tertiary/aromatic N) is 2. The maximum atomic E-state index is 12.6. The topological polar surface area (TPSA) is 110 Å². The molecule has 9 nitrogen and oxygen atoms in total. The Hall–Kier alpha value is -4.01. The molecule has 5 amide bonds. The molecular weight excluding hydrogens is 392 g/mol. The van der Waals surface area contributed by atoms with Crippen LogP contribution in [-0.4, -0.2) is 41.4 Å². The molecular formula is C21H18N2O7. The van der Waals surface area contributed by atoms with Gasteiger partial charge in [-0.05, 0) is 36.8 Å². The van der Waals surface area contributed by atoms with Crippen LogP contribution in [0.2, 0.25) is 0 Å². The van der Waals surface area contributed by atoms with Gasteiger partial charge in [0.15, 0.2) is 0 Å². The van der Waals surface area contributed by atoms with E-state index in [1.807, 2.05) is 30.3 Å². The molecule has 0 radical (unpaired) electrons. The molecule has 0 aromatic heterocycles. The second-order valence-corrected chi connectivity index (χ2v) is 6.23. The van der Waals surface area contributed by atoms with Crippen LogP contribution in [0.1, 0.15) is 29.3 Å². The Balaban J connectivity index is 1.73. The Morgan fingerprint density at radius 2 is 1.57 bits per heavy atom. The smallest absolute Gasteiger partial charge is 0.425 e. The van der Waals surface area contributed by atoms with Gasteiger partial charge in [-0.3, -0.25) is 9.59 Å². The molecule has 1 aliphatic rings. The maximum Gasteiger partial charge on any atom is 0.425 e. The molecule has 30 heavy (non-hydrogen) atoms. The molecule has 1 fully saturated rings. The summed E-state index contributed by atoms with van der Waals surface area (Å²) in [7, 11) is 0. The van der Waals surface area contributed by atoms with Gasteiger partial charge in [0.2, 0.25) is 11.8 Å². The van der Waals surface area contributed by atoms with Crippen LogP contribution in [0.3, 0.4) is 0 Å². The predicted molar refractivity (Wildman–Crippen MR) is 103 cm³/mol. The third kappa shape index (κ3) is 4.35. The van der Waals surface area contributed by atoms with Crippen LogP contribution >= 0.6 is 0 Å². The Morgan fingerprint density at radius 1 is 0.900 bits per heavy atom. The summed E-state index contributed by atoms with van der Waals surface area (Å²) >= 11 is 0. The third-order valence-corrected chi connectivity index (χ3v) is 4.21. The highest BCUT2D eigenvalue weighted by Gasteiger charge is 2.43. The van der Waals surface area contributed by atoms with E-state index in [1.54, 1.807) is 0 Å². The molecule has 0 bridgehead atoms. The number of ether oxygens (including phenoxy) is 2. The maximum absolute atomic E-state index is 12.6. The zero-order valence-corrected chi connectivity index (χ0v) is 16.1. The van der Waals surface area contributed by atoms with Crippen LogP contribution < -0.4 is 4.90 Å². The molecule has 9 heteroatoms. The minimum atomic E-state index is -1.15. The molecule has 1 saturated heterocycles. The van der Waals surface area contributed by atoms with E-state index in [2.05, 4.69) is 0 Å². The Kier molecular flexibility index (Phi) is 6.21. The van der Waals surface area contributed by atoms with Gasteiger partial charge in [-0.25, -0.2) is 19.3 Å². The summed E-state index contributed by atoms with van der Waals surface area (Å²) in [4.78, 5) is 61.8. The number of carbonyl (C=O) groups excluding carboxylic acids is 5. The number of hydrogen-bond acceptors (Lipinski definition) is 7. The summed E-state index contributed by atoms with van der Waals surface area (Å²) in [6.45, 7) is 1.58. The predicted octanol–water partition coefficient (Wildman–Crippen LogP) is 2.89. The molecule has 0 atom stereocenters. The number of hydrogen-bond donors (Lipinski definition) is 0. The molecule has 0 saturated carbocycles. The van der Waals surface area contributed by atoms with Crippen LogP contribution in [0.15, 0.2) is 54.6 Å². The van der Waals surface area contributed by atoms with Gasteiger partial charge in [0.25, 0.3) is 0 Å². The van der Waals surface area contributed by atoms with Crippen molar-refractivity contribution in [2.24, 2.45) is 0 Å². The van der Waals surface area contributed by atoms with Crippen molar-refractivity contribution in [2.45, 2.75) is 20.0 Å². The molecule has 1 aliphatic heterocycles. The minimum absolute atomic E-state index is 0.0381. The summed E-state index contributed by atoms with van der Waals surface area (Å²) in [5, 5.41) is 0. The van der Waals surface area contributed by atoms with E-state index in [-0.39, 0.29) is 29.4 Å². The van der Waals surface area contributed by atoms with Crippen molar-refractivity contribution in [1.29, 1.82) is 0 Å². The van der Waals surface area contributed by atoms with Gasteiger partial charge >= 0.3 is 18.1 Å². The second kappa shape index (κ2) is 8.99. The lowest BCUT2D eigenvalue weighted by atomic mass is 10.1. The van der Waals surface area contributed by atoms with Gasteiger partial charge in [-0.15, -0.1) is 0 Å². The van der Waals surface area contributed by atoms with Crippen LogP contribution in [0.25, 0.3) is 0 Å². The largest absolute Gasteiger partial charge is 0.457 e. The van der Waals surface area contributed by atoms with E-state index in [0.717, 1.165) is 5.56 Å². The number of anilines is 1. The molecule has 0 spiro atoms. The number of benzene rings is 2. The normalized spacial score (nSPS) is 14.0. The first-order valence-electron chi connectivity index (χ1n) is 9.10. The molecule has 154 valence electrons. The molecule has 3 rings (SSSR count). The lowest BCUT2D eigenvalue weighted by Gasteiger charge is -2.30. The molecule has 0 unspecified atom stereocenters. The van der Waals surface area contributed by atoms with Crippen molar-refractivity contribution in [1.82, 2.24) is 4.90 Å². The van der Waals surface area contributed by atoms with Crippen LogP contribution in [0, 0.1) is 0 Å². The number of rotatable bonds is 5. The fraction of sp³-hybridized carbons (Fsp3) is 0.190. The highest BCUT2D eigenvalue weighted by molar-refractivity contribution is 6.30. The van der Waals surface area contributed by atoms with Gasteiger partial charge in [0.1, 0.15) is 13.0 Å². The zero-order valence-electron chi connectivity index (χ0n) is 16.1. The number of barbiturate groups is 1. The first-order valence-corrected chi connectivity index (χ1v) is 9.10. The highest BCUT2D eigenvalue weighted by atomic mass is 16.6. The van der Waals surface area contributed by atoms with Gasteiger partial charge in [0.05, 0.1) is 17.9 Å². The van der Waals surface area contributed by atoms with E-state index in [9.17, 15) is 24.0 Å². The minimum Gasteiger partial charge on any atom is -0.457 e. The Labute approximate surface area is 171 Å². The van der Waals surface area contributed by atoms with Crippen molar-refractivity contribution in [2.75, 3.05) is 11.5 Å². The lowest BCUT2D eigenvalue weighted by molar-refractivity contribution is -0.133. The van der Waals surface area contributed by atoms with Crippen LogP contribution in [0.4, 0.5) is 15.3 Å². The van der Waals surface area contributed by atoms with E-state index >= 15 is 0 Å². The van der Waals surface area contributed by atoms with Gasteiger partial charge < -0.3 is 9.47 Å². The lowest BCUT2D eigenvalue weighted by Crippen LogP contribution is -2.57.